The summed E-state index contributed by atoms with van der Waals surface area (Å²) in [6, 6.07) is 0. The lowest BCUT2D eigenvalue weighted by Crippen LogP contribution is -2.30. The molecule has 0 aromatic rings. The maximum atomic E-state index is 12.7. The van der Waals surface area contributed by atoms with Crippen LogP contribution in [0.5, 0.6) is 0 Å². The van der Waals surface area contributed by atoms with Crippen molar-refractivity contribution in [3.05, 3.63) is 85.1 Å². The molecule has 0 aliphatic heterocycles. The third kappa shape index (κ3) is 47.6. The molecule has 6 nitrogen and oxygen atoms in total. The summed E-state index contributed by atoms with van der Waals surface area (Å²) in [5.41, 5.74) is 0. The number of ether oxygens (including phenoxy) is 3. The van der Waals surface area contributed by atoms with Gasteiger partial charge < -0.3 is 14.2 Å². The zero-order valence-electron chi connectivity index (χ0n) is 40.4. The van der Waals surface area contributed by atoms with Gasteiger partial charge in [-0.25, -0.2) is 0 Å². The molecule has 354 valence electrons. The van der Waals surface area contributed by atoms with Gasteiger partial charge in [-0.05, 0) is 89.9 Å². The summed E-state index contributed by atoms with van der Waals surface area (Å²) in [6.07, 6.45) is 64.6. The van der Waals surface area contributed by atoms with Crippen molar-refractivity contribution in [2.75, 3.05) is 13.2 Å². The van der Waals surface area contributed by atoms with Crippen LogP contribution in [-0.4, -0.2) is 37.2 Å². The van der Waals surface area contributed by atoms with Gasteiger partial charge >= 0.3 is 17.9 Å². The van der Waals surface area contributed by atoms with Gasteiger partial charge in [0.15, 0.2) is 6.10 Å². The zero-order chi connectivity index (χ0) is 45.1. The Labute approximate surface area is 382 Å². The van der Waals surface area contributed by atoms with Crippen molar-refractivity contribution >= 4 is 17.9 Å². The van der Waals surface area contributed by atoms with E-state index < -0.39 is 6.10 Å². The highest BCUT2D eigenvalue weighted by Gasteiger charge is 2.19. The number of hydrogen-bond acceptors (Lipinski definition) is 6. The van der Waals surface area contributed by atoms with Crippen LogP contribution in [0.4, 0.5) is 0 Å². The minimum absolute atomic E-state index is 0.0851. The molecule has 0 aromatic heterocycles. The molecule has 6 heteroatoms. The molecule has 0 aliphatic carbocycles. The summed E-state index contributed by atoms with van der Waals surface area (Å²) in [5.74, 6) is -0.922. The summed E-state index contributed by atoms with van der Waals surface area (Å²) >= 11 is 0. The molecule has 0 fully saturated rings. The number of rotatable bonds is 45. The number of unbranched alkanes of at least 4 members (excludes halogenated alkanes) is 20. The first-order chi connectivity index (χ1) is 30.5. The van der Waals surface area contributed by atoms with E-state index in [1.165, 1.54) is 64.2 Å². The fourth-order valence-corrected chi connectivity index (χ4v) is 6.78. The molecule has 0 bridgehead atoms. The van der Waals surface area contributed by atoms with Crippen LogP contribution in [0.1, 0.15) is 233 Å². The van der Waals surface area contributed by atoms with Crippen LogP contribution in [0.25, 0.3) is 0 Å². The van der Waals surface area contributed by atoms with Crippen molar-refractivity contribution in [1.82, 2.24) is 0 Å². The van der Waals surface area contributed by atoms with Crippen molar-refractivity contribution in [2.24, 2.45) is 0 Å². The average Bonchev–Trinajstić information content (AvgIpc) is 3.27. The van der Waals surface area contributed by atoms with Crippen LogP contribution in [0.15, 0.2) is 85.1 Å². The highest BCUT2D eigenvalue weighted by atomic mass is 16.6. The van der Waals surface area contributed by atoms with Crippen molar-refractivity contribution in [3.8, 4) is 0 Å². The van der Waals surface area contributed by atoms with Crippen molar-refractivity contribution in [1.29, 1.82) is 0 Å². The molecule has 0 spiro atoms. The Morgan fingerprint density at radius 3 is 1.03 bits per heavy atom. The van der Waals surface area contributed by atoms with Crippen LogP contribution < -0.4 is 0 Å². The highest BCUT2D eigenvalue weighted by molar-refractivity contribution is 5.71. The number of esters is 3. The smallest absolute Gasteiger partial charge is 0.306 e. The second-order valence-electron chi connectivity index (χ2n) is 16.7. The van der Waals surface area contributed by atoms with Crippen LogP contribution in [0, 0.1) is 0 Å². The first-order valence-electron chi connectivity index (χ1n) is 25.6. The SMILES string of the molecule is CC/C=C\C/C=C\C/C=C\C/C=C\C/C=C\CCCCCCCCCCCC(=O)OCC(COC(=O)CCCCCCC)OC(=O)CCCCCCC/C=C\C/C=C\CCCC. The molecule has 0 amide bonds. The molecule has 0 aliphatic rings. The molecule has 1 atom stereocenters. The van der Waals surface area contributed by atoms with Gasteiger partial charge in [0.1, 0.15) is 13.2 Å². The Morgan fingerprint density at radius 2 is 0.645 bits per heavy atom. The molecule has 0 saturated carbocycles. The van der Waals surface area contributed by atoms with Crippen LogP contribution >= 0.6 is 0 Å². The Balaban J connectivity index is 4.14. The Hall–Kier alpha value is -3.41. The topological polar surface area (TPSA) is 78.9 Å². The summed E-state index contributed by atoms with van der Waals surface area (Å²) in [4.78, 5) is 37.6. The molecule has 0 radical (unpaired) electrons. The summed E-state index contributed by atoms with van der Waals surface area (Å²) in [6.45, 7) is 6.37. The van der Waals surface area contributed by atoms with E-state index in [4.69, 9.17) is 14.2 Å². The maximum Gasteiger partial charge on any atom is 0.306 e. The predicted molar refractivity (Wildman–Crippen MR) is 265 cm³/mol. The number of carbonyl (C=O) groups is 3. The van der Waals surface area contributed by atoms with Crippen LogP contribution in [-0.2, 0) is 28.6 Å². The third-order valence-corrected chi connectivity index (χ3v) is 10.6. The predicted octanol–water partition coefficient (Wildman–Crippen LogP) is 16.8. The molecule has 0 rings (SSSR count). The van der Waals surface area contributed by atoms with Crippen LogP contribution in [0.3, 0.4) is 0 Å². The number of carbonyl (C=O) groups excluding carboxylic acids is 3. The van der Waals surface area contributed by atoms with Gasteiger partial charge in [-0.3, -0.25) is 14.4 Å². The Bertz CT molecular complexity index is 1220. The van der Waals surface area contributed by atoms with E-state index in [2.05, 4.69) is 106 Å². The van der Waals surface area contributed by atoms with E-state index in [9.17, 15) is 14.4 Å². The zero-order valence-corrected chi connectivity index (χ0v) is 40.4. The summed E-state index contributed by atoms with van der Waals surface area (Å²) < 4.78 is 16.6. The van der Waals surface area contributed by atoms with E-state index in [0.717, 1.165) is 128 Å². The van der Waals surface area contributed by atoms with Gasteiger partial charge in [0.25, 0.3) is 0 Å². The summed E-state index contributed by atoms with van der Waals surface area (Å²) in [7, 11) is 0. The second-order valence-corrected chi connectivity index (χ2v) is 16.7. The fraction of sp³-hybridized carbons (Fsp3) is 0.696. The largest absolute Gasteiger partial charge is 0.462 e. The van der Waals surface area contributed by atoms with Gasteiger partial charge in [-0.1, -0.05) is 209 Å². The molecule has 0 heterocycles. The van der Waals surface area contributed by atoms with Gasteiger partial charge in [-0.15, -0.1) is 0 Å². The quantitative estimate of drug-likeness (QED) is 0.0263. The van der Waals surface area contributed by atoms with E-state index in [-0.39, 0.29) is 31.1 Å². The average molecular weight is 863 g/mol. The Kier molecular flexibility index (Phi) is 47.5. The lowest BCUT2D eigenvalue weighted by Gasteiger charge is -2.18. The van der Waals surface area contributed by atoms with Gasteiger partial charge in [0.05, 0.1) is 0 Å². The minimum Gasteiger partial charge on any atom is -0.462 e. The third-order valence-electron chi connectivity index (χ3n) is 10.6. The van der Waals surface area contributed by atoms with Gasteiger partial charge in [0, 0.05) is 19.3 Å². The molecular weight excluding hydrogens is 769 g/mol. The van der Waals surface area contributed by atoms with Crippen molar-refractivity contribution in [2.45, 2.75) is 239 Å². The molecular formula is C56H94O6. The van der Waals surface area contributed by atoms with E-state index in [1.54, 1.807) is 0 Å². The molecule has 0 N–H and O–H groups in total. The van der Waals surface area contributed by atoms with E-state index >= 15 is 0 Å². The van der Waals surface area contributed by atoms with Crippen molar-refractivity contribution in [3.63, 3.8) is 0 Å². The van der Waals surface area contributed by atoms with Gasteiger partial charge in [-0.2, -0.15) is 0 Å². The standard InChI is InChI=1S/C56H94O6/c1-4-7-10-13-15-17-19-21-23-24-25-26-27-28-29-30-31-32-33-35-36-38-40-43-46-49-55(58)61-52-53(51-60-54(57)48-45-42-12-9-6-3)62-56(59)50-47-44-41-39-37-34-22-20-18-16-14-11-8-5-2/h7,10,14-17,20-23,25-26,28-29,53H,4-6,8-9,11-13,18-19,24,27,30-52H2,1-3H3/b10-7-,16-14-,17-15-,22-20-,23-21-,26-25-,29-28-. The molecule has 1 unspecified atom stereocenters. The monoisotopic (exact) mass is 863 g/mol. The molecule has 0 aromatic carbocycles. The van der Waals surface area contributed by atoms with E-state index in [0.29, 0.717) is 19.3 Å². The van der Waals surface area contributed by atoms with E-state index in [1.807, 2.05) is 0 Å². The normalized spacial score (nSPS) is 12.8. The van der Waals surface area contributed by atoms with Crippen molar-refractivity contribution < 1.29 is 28.6 Å². The highest BCUT2D eigenvalue weighted by Crippen LogP contribution is 2.14. The van der Waals surface area contributed by atoms with Crippen LogP contribution in [0.2, 0.25) is 0 Å². The first-order valence-corrected chi connectivity index (χ1v) is 25.6. The lowest BCUT2D eigenvalue weighted by molar-refractivity contribution is -0.167. The molecule has 0 saturated heterocycles. The summed E-state index contributed by atoms with van der Waals surface area (Å²) in [5, 5.41) is 0. The maximum absolute atomic E-state index is 12.7. The minimum atomic E-state index is -0.782. The van der Waals surface area contributed by atoms with Gasteiger partial charge in [0.2, 0.25) is 0 Å². The fourth-order valence-electron chi connectivity index (χ4n) is 6.78. The number of hydrogen-bond donors (Lipinski definition) is 0. The lowest BCUT2D eigenvalue weighted by atomic mass is 10.1. The second kappa shape index (κ2) is 50.2. The Morgan fingerprint density at radius 1 is 0.339 bits per heavy atom. The molecule has 62 heavy (non-hydrogen) atoms. The first kappa shape index (κ1) is 58.6. The number of allylic oxidation sites excluding steroid dienone is 14.